The van der Waals surface area contributed by atoms with Crippen molar-refractivity contribution in [2.75, 3.05) is 26.3 Å². The van der Waals surface area contributed by atoms with Crippen molar-refractivity contribution in [1.29, 1.82) is 0 Å². The molecule has 3 aromatic rings. The van der Waals surface area contributed by atoms with Crippen LogP contribution >= 0.6 is 0 Å². The van der Waals surface area contributed by atoms with Crippen molar-refractivity contribution in [3.8, 4) is 5.69 Å². The average molecular weight is 688 g/mol. The highest BCUT2D eigenvalue weighted by Crippen LogP contribution is 2.44. The normalized spacial score (nSPS) is 25.7. The van der Waals surface area contributed by atoms with Crippen molar-refractivity contribution in [1.82, 2.24) is 24.3 Å². The third kappa shape index (κ3) is 6.16. The maximum Gasteiger partial charge on any atom is 0.411 e. The van der Waals surface area contributed by atoms with Gasteiger partial charge in [-0.05, 0) is 96.9 Å². The number of piperidine rings is 2. The number of morpholine rings is 1. The summed E-state index contributed by atoms with van der Waals surface area (Å²) in [6, 6.07) is 5.03. The molecule has 7 rings (SSSR count). The second-order valence-corrected chi connectivity index (χ2v) is 15.4. The predicted octanol–water partition coefficient (Wildman–Crippen LogP) is 5.62. The van der Waals surface area contributed by atoms with Gasteiger partial charge in [-0.3, -0.25) is 24.3 Å². The topological polar surface area (TPSA) is 114 Å². The van der Waals surface area contributed by atoms with Crippen LogP contribution in [-0.4, -0.2) is 104 Å². The maximum absolute atomic E-state index is 14.7. The van der Waals surface area contributed by atoms with Gasteiger partial charge in [-0.1, -0.05) is 0 Å². The van der Waals surface area contributed by atoms with E-state index in [-0.39, 0.29) is 53.1 Å². The molecule has 4 aliphatic rings. The summed E-state index contributed by atoms with van der Waals surface area (Å²) < 4.78 is 27.8. The standard InChI is InChI=1S/C38H46FN5O6/c1-22-20-49-21-23(2)43(22)35(46)29-17-26(39)7-9-31(29)42-19-30(28-10-13-40-18-32(28)42)34(45)24-11-14-41(15-12-24)36(47)33-25-6-8-27(16-25)44(33)37(48)50-38(3,4)5/h7,9-10,13,17-19,22-25,27,33H,6,8,11-12,14-16,20-21H2,1-5H3/t22-,23-,25+,27-,33+/m1/s1. The van der Waals surface area contributed by atoms with Crippen LogP contribution in [0.5, 0.6) is 0 Å². The van der Waals surface area contributed by atoms with Gasteiger partial charge in [-0.15, -0.1) is 0 Å². The lowest BCUT2D eigenvalue weighted by molar-refractivity contribution is -0.139. The van der Waals surface area contributed by atoms with Gasteiger partial charge in [-0.2, -0.15) is 0 Å². The van der Waals surface area contributed by atoms with Crippen LogP contribution in [0.4, 0.5) is 9.18 Å². The van der Waals surface area contributed by atoms with Crippen LogP contribution in [-0.2, 0) is 14.3 Å². The number of hydrogen-bond acceptors (Lipinski definition) is 7. The summed E-state index contributed by atoms with van der Waals surface area (Å²) in [5.41, 5.74) is 1.12. The van der Waals surface area contributed by atoms with E-state index in [1.165, 1.54) is 12.1 Å². The molecule has 11 nitrogen and oxygen atoms in total. The van der Waals surface area contributed by atoms with Gasteiger partial charge in [0.25, 0.3) is 5.91 Å². The van der Waals surface area contributed by atoms with E-state index in [4.69, 9.17) is 9.47 Å². The molecule has 3 amide bonds. The first-order valence-electron chi connectivity index (χ1n) is 17.8. The number of ketones is 1. The predicted molar refractivity (Wildman–Crippen MR) is 184 cm³/mol. The van der Waals surface area contributed by atoms with Crippen molar-refractivity contribution in [2.24, 2.45) is 11.8 Å². The molecule has 2 aromatic heterocycles. The first kappa shape index (κ1) is 34.1. The minimum absolute atomic E-state index is 0.0207. The fraction of sp³-hybridized carbons (Fsp3) is 0.553. The molecule has 0 spiro atoms. The van der Waals surface area contributed by atoms with E-state index >= 15 is 0 Å². The average Bonchev–Trinajstić information content (AvgIpc) is 3.81. The van der Waals surface area contributed by atoms with Crippen molar-refractivity contribution in [3.05, 3.63) is 59.8 Å². The Hall–Kier alpha value is -4.32. The molecular formula is C38H46FN5O6. The Morgan fingerprint density at radius 2 is 1.66 bits per heavy atom. The molecule has 12 heteroatoms. The van der Waals surface area contributed by atoms with Crippen LogP contribution < -0.4 is 0 Å². The summed E-state index contributed by atoms with van der Waals surface area (Å²) in [6.07, 6.45) is 8.17. The van der Waals surface area contributed by atoms with E-state index < -0.39 is 23.6 Å². The second-order valence-electron chi connectivity index (χ2n) is 15.4. The van der Waals surface area contributed by atoms with E-state index in [0.717, 1.165) is 19.3 Å². The molecule has 4 fully saturated rings. The lowest BCUT2D eigenvalue weighted by atomic mass is 9.88. The van der Waals surface area contributed by atoms with Crippen LogP contribution in [0.25, 0.3) is 16.6 Å². The van der Waals surface area contributed by atoms with Crippen LogP contribution in [0, 0.1) is 17.7 Å². The number of nitrogens with zero attached hydrogens (tertiary/aromatic N) is 5. The minimum Gasteiger partial charge on any atom is -0.444 e. The number of carbonyl (C=O) groups excluding carboxylic acids is 4. The Bertz CT molecular complexity index is 1820. The highest BCUT2D eigenvalue weighted by atomic mass is 19.1. The summed E-state index contributed by atoms with van der Waals surface area (Å²) in [5, 5.41) is 0.689. The molecule has 1 saturated carbocycles. The highest BCUT2D eigenvalue weighted by Gasteiger charge is 2.53. The van der Waals surface area contributed by atoms with Crippen molar-refractivity contribution >= 4 is 34.6 Å². The monoisotopic (exact) mass is 687 g/mol. The summed E-state index contributed by atoms with van der Waals surface area (Å²) in [4.78, 5) is 64.8. The van der Waals surface area contributed by atoms with Gasteiger partial charge < -0.3 is 23.8 Å². The number of pyridine rings is 1. The zero-order chi connectivity index (χ0) is 35.5. The third-order valence-electron chi connectivity index (χ3n) is 10.8. The third-order valence-corrected chi connectivity index (χ3v) is 10.8. The molecule has 0 unspecified atom stereocenters. The van der Waals surface area contributed by atoms with E-state index in [1.54, 1.807) is 45.1 Å². The zero-order valence-electron chi connectivity index (χ0n) is 29.4. The number of carbonyl (C=O) groups is 4. The first-order valence-corrected chi connectivity index (χ1v) is 17.8. The number of benzene rings is 1. The Morgan fingerprint density at radius 1 is 0.940 bits per heavy atom. The Balaban J connectivity index is 1.11. The SMILES string of the molecule is C[C@@H]1COC[C@@H](C)N1C(=O)c1cc(F)ccc1-n1cc(C(=O)C2CCN(C(=O)[C@@H]3[C@H]4CC[C@H](C4)N3C(=O)OC(C)(C)C)CC2)c2ccncc21. The summed E-state index contributed by atoms with van der Waals surface area (Å²) in [7, 11) is 0. The molecule has 5 atom stereocenters. The molecule has 5 heterocycles. The molecule has 0 N–H and O–H groups in total. The van der Waals surface area contributed by atoms with Gasteiger partial charge in [-0.25, -0.2) is 9.18 Å². The van der Waals surface area contributed by atoms with E-state index in [0.29, 0.717) is 61.3 Å². The number of amides is 3. The van der Waals surface area contributed by atoms with Crippen molar-refractivity contribution in [3.63, 3.8) is 0 Å². The van der Waals surface area contributed by atoms with Gasteiger partial charge >= 0.3 is 6.09 Å². The summed E-state index contributed by atoms with van der Waals surface area (Å²) in [5.74, 6) is -1.15. The van der Waals surface area contributed by atoms with Crippen LogP contribution in [0.1, 0.15) is 87.4 Å². The highest BCUT2D eigenvalue weighted by molar-refractivity contribution is 6.10. The Labute approximate surface area is 291 Å². The fourth-order valence-corrected chi connectivity index (χ4v) is 8.56. The molecule has 50 heavy (non-hydrogen) atoms. The number of hydrogen-bond donors (Lipinski definition) is 0. The van der Waals surface area contributed by atoms with Gasteiger partial charge in [0.2, 0.25) is 5.91 Å². The molecule has 2 bridgehead atoms. The number of aromatic nitrogens is 2. The lowest BCUT2D eigenvalue weighted by Gasteiger charge is -2.39. The van der Waals surface area contributed by atoms with Crippen LogP contribution in [0.3, 0.4) is 0 Å². The molecule has 1 aromatic carbocycles. The molecule has 266 valence electrons. The first-order chi connectivity index (χ1) is 23.8. The van der Waals surface area contributed by atoms with Gasteiger partial charge in [0.15, 0.2) is 5.78 Å². The minimum atomic E-state index is -0.655. The number of rotatable bonds is 5. The maximum atomic E-state index is 14.7. The van der Waals surface area contributed by atoms with Crippen LogP contribution in [0.15, 0.2) is 42.9 Å². The number of halogens is 1. The molecule has 3 aliphatic heterocycles. The summed E-state index contributed by atoms with van der Waals surface area (Å²) in [6.45, 7) is 10.9. The zero-order valence-corrected chi connectivity index (χ0v) is 29.4. The number of Topliss-reactive ketones (excluding diaryl/α,β-unsaturated/α-hetero) is 1. The Kier molecular flexibility index (Phi) is 8.94. The molecular weight excluding hydrogens is 641 g/mol. The van der Waals surface area contributed by atoms with Gasteiger partial charge in [0.1, 0.15) is 17.5 Å². The number of ether oxygens (including phenoxy) is 2. The molecule has 3 saturated heterocycles. The van der Waals surface area contributed by atoms with Gasteiger partial charge in [0.05, 0.1) is 48.3 Å². The van der Waals surface area contributed by atoms with Crippen molar-refractivity contribution < 1.29 is 33.0 Å². The smallest absolute Gasteiger partial charge is 0.411 e. The fourth-order valence-electron chi connectivity index (χ4n) is 8.56. The van der Waals surface area contributed by atoms with E-state index in [1.807, 2.05) is 39.5 Å². The quantitative estimate of drug-likeness (QED) is 0.320. The number of likely N-dealkylation sites (tertiary alicyclic amines) is 2. The van der Waals surface area contributed by atoms with Gasteiger partial charge in [0, 0.05) is 48.4 Å². The summed E-state index contributed by atoms with van der Waals surface area (Å²) >= 11 is 0. The largest absolute Gasteiger partial charge is 0.444 e. The van der Waals surface area contributed by atoms with Crippen LogP contribution in [0.2, 0.25) is 0 Å². The lowest BCUT2D eigenvalue weighted by Crippen LogP contribution is -2.56. The second kappa shape index (κ2) is 13.1. The van der Waals surface area contributed by atoms with E-state index in [2.05, 4.69) is 4.98 Å². The number of fused-ring (bicyclic) bond motifs is 3. The van der Waals surface area contributed by atoms with Crippen molar-refractivity contribution in [2.45, 2.75) is 96.5 Å². The Morgan fingerprint density at radius 3 is 2.36 bits per heavy atom. The van der Waals surface area contributed by atoms with E-state index in [9.17, 15) is 23.6 Å². The molecule has 1 aliphatic carbocycles. The molecule has 0 radical (unpaired) electrons.